The molecule has 2 aromatic rings. The summed E-state index contributed by atoms with van der Waals surface area (Å²) in [5, 5.41) is 10.1. The van der Waals surface area contributed by atoms with Gasteiger partial charge in [0.2, 0.25) is 6.29 Å². The van der Waals surface area contributed by atoms with Crippen molar-refractivity contribution in [1.29, 1.82) is 0 Å². The van der Waals surface area contributed by atoms with Crippen LogP contribution in [0, 0.1) is 13.8 Å². The maximum atomic E-state index is 13.0. The molecular weight excluding hydrogens is 433 g/mol. The van der Waals surface area contributed by atoms with E-state index in [-0.39, 0.29) is 50.1 Å². The second-order valence-electron chi connectivity index (χ2n) is 6.53. The Balaban J connectivity index is 2.63. The molecule has 160 valence electrons. The average molecular weight is 454 g/mol. The number of rotatable bonds is 7. The van der Waals surface area contributed by atoms with Gasteiger partial charge in [0, 0.05) is 24.5 Å². The number of carbonyl (C=O) groups is 3. The molecule has 0 bridgehead atoms. The van der Waals surface area contributed by atoms with Crippen LogP contribution in [0.3, 0.4) is 0 Å². The third kappa shape index (κ3) is 5.09. The second-order valence-corrected chi connectivity index (χ2v) is 7.31. The molecule has 0 aliphatic carbocycles. The molecule has 1 aromatic carbocycles. The van der Waals surface area contributed by atoms with Crippen molar-refractivity contribution in [2.24, 2.45) is 0 Å². The van der Waals surface area contributed by atoms with E-state index in [1.165, 1.54) is 13.8 Å². The normalized spacial score (nSPS) is 11.7. The third-order valence-corrected chi connectivity index (χ3v) is 5.04. The van der Waals surface area contributed by atoms with Gasteiger partial charge >= 0.3 is 17.9 Å². The van der Waals surface area contributed by atoms with E-state index < -0.39 is 24.2 Å². The van der Waals surface area contributed by atoms with Gasteiger partial charge in [-0.1, -0.05) is 42.3 Å². The summed E-state index contributed by atoms with van der Waals surface area (Å²) >= 11 is 12.4. The van der Waals surface area contributed by atoms with Crippen molar-refractivity contribution in [3.05, 3.63) is 50.8 Å². The van der Waals surface area contributed by atoms with Crippen LogP contribution in [-0.2, 0) is 14.3 Å². The Morgan fingerprint density at radius 1 is 1.10 bits per heavy atom. The SMILES string of the molecule is CCCC(=O)OC(C)OC(=O)c1c(C)nc(C)c(C(=O)O)c1-c1cccc(Cl)c1Cl. The van der Waals surface area contributed by atoms with Crippen LogP contribution in [0.5, 0.6) is 0 Å². The van der Waals surface area contributed by atoms with Gasteiger partial charge in [0.1, 0.15) is 0 Å². The summed E-state index contributed by atoms with van der Waals surface area (Å²) in [6, 6.07) is 4.68. The summed E-state index contributed by atoms with van der Waals surface area (Å²) < 4.78 is 10.3. The molecule has 0 saturated heterocycles. The van der Waals surface area contributed by atoms with Gasteiger partial charge < -0.3 is 14.6 Å². The van der Waals surface area contributed by atoms with E-state index in [0.29, 0.717) is 6.42 Å². The van der Waals surface area contributed by atoms with Gasteiger partial charge in [-0.15, -0.1) is 0 Å². The van der Waals surface area contributed by atoms with Crippen LogP contribution >= 0.6 is 23.2 Å². The molecular formula is C21H21Cl2NO6. The summed E-state index contributed by atoms with van der Waals surface area (Å²) in [7, 11) is 0. The Morgan fingerprint density at radius 2 is 1.73 bits per heavy atom. The molecule has 1 N–H and O–H groups in total. The van der Waals surface area contributed by atoms with Crippen molar-refractivity contribution in [1.82, 2.24) is 4.98 Å². The van der Waals surface area contributed by atoms with Crippen molar-refractivity contribution in [2.75, 3.05) is 0 Å². The number of hydrogen-bond donors (Lipinski definition) is 1. The Labute approximate surface area is 183 Å². The fourth-order valence-corrected chi connectivity index (χ4v) is 3.40. The Morgan fingerprint density at radius 3 is 2.33 bits per heavy atom. The van der Waals surface area contributed by atoms with E-state index >= 15 is 0 Å². The standard InChI is InChI=1S/C21H21Cl2NO6/c1-5-7-15(25)29-12(4)30-21(28)17-11(3)24-10(2)16(20(26)27)18(17)13-8-6-9-14(22)19(13)23/h6,8-9,12H,5,7H2,1-4H3,(H,26,27). The highest BCUT2D eigenvalue weighted by molar-refractivity contribution is 6.44. The molecule has 0 amide bonds. The minimum Gasteiger partial charge on any atom is -0.478 e. The number of halogens is 2. The number of carbonyl (C=O) groups excluding carboxylic acids is 2. The van der Waals surface area contributed by atoms with Gasteiger partial charge in [0.25, 0.3) is 0 Å². The summed E-state index contributed by atoms with van der Waals surface area (Å²) in [5.74, 6) is -2.70. The molecule has 0 fully saturated rings. The highest BCUT2D eigenvalue weighted by atomic mass is 35.5. The van der Waals surface area contributed by atoms with Crippen LogP contribution in [0.2, 0.25) is 10.0 Å². The molecule has 1 heterocycles. The first-order valence-corrected chi connectivity index (χ1v) is 9.93. The topological polar surface area (TPSA) is 103 Å². The van der Waals surface area contributed by atoms with E-state index in [0.717, 1.165) is 0 Å². The molecule has 0 radical (unpaired) electrons. The minimum absolute atomic E-state index is 0.0390. The van der Waals surface area contributed by atoms with E-state index in [1.807, 2.05) is 6.92 Å². The van der Waals surface area contributed by atoms with Gasteiger partial charge in [0.05, 0.1) is 32.6 Å². The lowest BCUT2D eigenvalue weighted by atomic mass is 9.92. The van der Waals surface area contributed by atoms with Crippen molar-refractivity contribution in [2.45, 2.75) is 46.8 Å². The second kappa shape index (κ2) is 9.91. The lowest BCUT2D eigenvalue weighted by molar-refractivity contribution is -0.165. The summed E-state index contributed by atoms with van der Waals surface area (Å²) in [5.41, 5.74) is 0.424. The zero-order valence-electron chi connectivity index (χ0n) is 16.9. The largest absolute Gasteiger partial charge is 0.478 e. The molecule has 0 spiro atoms. The van der Waals surface area contributed by atoms with Crippen LogP contribution in [0.4, 0.5) is 0 Å². The first-order chi connectivity index (χ1) is 14.1. The molecule has 0 aliphatic rings. The van der Waals surface area contributed by atoms with Crippen molar-refractivity contribution in [3.63, 3.8) is 0 Å². The number of carboxylic acid groups (broad SMARTS) is 1. The van der Waals surface area contributed by atoms with Gasteiger partial charge in [-0.05, 0) is 26.3 Å². The molecule has 9 heteroatoms. The Hall–Kier alpha value is -2.64. The minimum atomic E-state index is -1.29. The van der Waals surface area contributed by atoms with E-state index in [4.69, 9.17) is 32.7 Å². The predicted molar refractivity (Wildman–Crippen MR) is 112 cm³/mol. The smallest absolute Gasteiger partial charge is 0.343 e. The average Bonchev–Trinajstić information content (AvgIpc) is 2.62. The Bertz CT molecular complexity index is 1010. The Kier molecular flexibility index (Phi) is 7.81. The number of hydrogen-bond acceptors (Lipinski definition) is 6. The van der Waals surface area contributed by atoms with Gasteiger partial charge in [0.15, 0.2) is 0 Å². The first-order valence-electron chi connectivity index (χ1n) is 9.17. The number of esters is 2. The van der Waals surface area contributed by atoms with Crippen LogP contribution in [0.15, 0.2) is 18.2 Å². The van der Waals surface area contributed by atoms with Crippen LogP contribution in [0.1, 0.15) is 58.8 Å². The van der Waals surface area contributed by atoms with Crippen molar-refractivity contribution < 1.29 is 29.0 Å². The highest BCUT2D eigenvalue weighted by Gasteiger charge is 2.29. The molecule has 0 aliphatic heterocycles. The van der Waals surface area contributed by atoms with Crippen molar-refractivity contribution in [3.8, 4) is 11.1 Å². The number of nitrogens with zero attached hydrogens (tertiary/aromatic N) is 1. The fraction of sp³-hybridized carbons (Fsp3) is 0.333. The van der Waals surface area contributed by atoms with Crippen LogP contribution < -0.4 is 0 Å². The van der Waals surface area contributed by atoms with Crippen molar-refractivity contribution >= 4 is 41.1 Å². The zero-order valence-corrected chi connectivity index (χ0v) is 18.4. The predicted octanol–water partition coefficient (Wildman–Crippen LogP) is 5.22. The number of ether oxygens (including phenoxy) is 2. The maximum absolute atomic E-state index is 13.0. The monoisotopic (exact) mass is 453 g/mol. The molecule has 1 unspecified atom stereocenters. The lowest BCUT2D eigenvalue weighted by Crippen LogP contribution is -2.23. The summed E-state index contributed by atoms with van der Waals surface area (Å²) in [6.07, 6.45) is -0.410. The van der Waals surface area contributed by atoms with E-state index in [2.05, 4.69) is 4.98 Å². The van der Waals surface area contributed by atoms with Gasteiger partial charge in [-0.2, -0.15) is 0 Å². The zero-order chi connectivity index (χ0) is 22.6. The molecule has 1 aromatic heterocycles. The van der Waals surface area contributed by atoms with Crippen LogP contribution in [0.25, 0.3) is 11.1 Å². The number of aryl methyl sites for hydroxylation is 2. The number of carboxylic acids is 1. The third-order valence-electron chi connectivity index (χ3n) is 4.22. The summed E-state index contributed by atoms with van der Waals surface area (Å²) in [6.45, 7) is 6.27. The molecule has 7 nitrogen and oxygen atoms in total. The fourth-order valence-electron chi connectivity index (χ4n) is 3.01. The number of benzene rings is 1. The van der Waals surface area contributed by atoms with Crippen LogP contribution in [-0.4, -0.2) is 34.3 Å². The number of aromatic carboxylic acids is 1. The number of pyridine rings is 1. The lowest BCUT2D eigenvalue weighted by Gasteiger charge is -2.19. The molecule has 0 saturated carbocycles. The summed E-state index contributed by atoms with van der Waals surface area (Å²) in [4.78, 5) is 40.8. The number of aromatic nitrogens is 1. The first kappa shape index (κ1) is 23.6. The molecule has 2 rings (SSSR count). The van der Waals surface area contributed by atoms with Gasteiger partial charge in [-0.3, -0.25) is 9.78 Å². The highest BCUT2D eigenvalue weighted by Crippen LogP contribution is 2.39. The quantitative estimate of drug-likeness (QED) is 0.452. The molecule has 30 heavy (non-hydrogen) atoms. The van der Waals surface area contributed by atoms with E-state index in [9.17, 15) is 19.5 Å². The molecule has 1 atom stereocenters. The van der Waals surface area contributed by atoms with Gasteiger partial charge in [-0.25, -0.2) is 9.59 Å². The maximum Gasteiger partial charge on any atom is 0.343 e. The van der Waals surface area contributed by atoms with E-state index in [1.54, 1.807) is 25.1 Å².